The molecule has 0 spiro atoms. The molecule has 32 heavy (non-hydrogen) atoms. The van der Waals surface area contributed by atoms with E-state index in [-0.39, 0.29) is 28.5 Å². The average molecular weight is 471 g/mol. The highest BCUT2D eigenvalue weighted by Crippen LogP contribution is 2.39. The van der Waals surface area contributed by atoms with Crippen LogP contribution in [0.5, 0.6) is 11.5 Å². The standard InChI is InChI=1S/C22H25F3N2O4S/c1-21(2,3)31-20(29)27(4)12-14-10-13(19(26)28)6-8-17(14)30-15-7-9-18(32-5)16(11-15)22(23,24)25/h6-11H,12H2,1-5H3,(H2,26,28). The lowest BCUT2D eigenvalue weighted by Crippen LogP contribution is -2.34. The Bertz CT molecular complexity index is 1000. The Morgan fingerprint density at radius 2 is 1.75 bits per heavy atom. The number of nitrogens with two attached hydrogens (primary N) is 1. The van der Waals surface area contributed by atoms with Crippen LogP contribution in [0.3, 0.4) is 0 Å². The van der Waals surface area contributed by atoms with Crippen LogP contribution in [0.25, 0.3) is 0 Å². The largest absolute Gasteiger partial charge is 0.457 e. The van der Waals surface area contributed by atoms with E-state index in [1.54, 1.807) is 27.0 Å². The van der Waals surface area contributed by atoms with Gasteiger partial charge in [0.05, 0.1) is 12.1 Å². The number of nitrogens with zero attached hydrogens (tertiary/aromatic N) is 1. The summed E-state index contributed by atoms with van der Waals surface area (Å²) in [5, 5.41) is 0. The van der Waals surface area contributed by atoms with E-state index in [1.165, 1.54) is 42.3 Å². The number of rotatable bonds is 6. The summed E-state index contributed by atoms with van der Waals surface area (Å²) in [4.78, 5) is 25.3. The summed E-state index contributed by atoms with van der Waals surface area (Å²) in [5.41, 5.74) is 4.35. The number of thioether (sulfide) groups is 1. The van der Waals surface area contributed by atoms with Gasteiger partial charge in [-0.15, -0.1) is 11.8 Å². The number of benzene rings is 2. The first kappa shape index (κ1) is 25.4. The first-order valence-electron chi connectivity index (χ1n) is 9.51. The predicted octanol–water partition coefficient (Wildman–Crippen LogP) is 5.69. The quantitative estimate of drug-likeness (QED) is 0.549. The zero-order valence-corrected chi connectivity index (χ0v) is 19.2. The van der Waals surface area contributed by atoms with Crippen LogP contribution >= 0.6 is 11.8 Å². The number of alkyl halides is 3. The Hall–Kier alpha value is -2.88. The SMILES string of the molecule is CSc1ccc(Oc2ccc(C(N)=O)cc2CN(C)C(=O)OC(C)(C)C)cc1C(F)(F)F. The molecule has 0 unspecified atom stereocenters. The molecule has 174 valence electrons. The molecular weight excluding hydrogens is 445 g/mol. The molecule has 2 amide bonds. The van der Waals surface area contributed by atoms with Gasteiger partial charge in [0, 0.05) is 23.1 Å². The third kappa shape index (κ3) is 6.81. The second kappa shape index (κ2) is 9.72. The lowest BCUT2D eigenvalue weighted by molar-refractivity contribution is -0.139. The van der Waals surface area contributed by atoms with Crippen molar-refractivity contribution in [3.05, 3.63) is 53.1 Å². The molecule has 2 rings (SSSR count). The topological polar surface area (TPSA) is 81.9 Å². The van der Waals surface area contributed by atoms with Gasteiger partial charge in [0.15, 0.2) is 0 Å². The molecule has 10 heteroatoms. The summed E-state index contributed by atoms with van der Waals surface area (Å²) in [7, 11) is 1.49. The van der Waals surface area contributed by atoms with E-state index >= 15 is 0 Å². The molecule has 0 heterocycles. The fraction of sp³-hybridized carbons (Fsp3) is 0.364. The van der Waals surface area contributed by atoms with Crippen LogP contribution < -0.4 is 10.5 Å². The molecule has 0 fully saturated rings. The van der Waals surface area contributed by atoms with Crippen molar-refractivity contribution in [2.45, 2.75) is 44.0 Å². The maximum Gasteiger partial charge on any atom is 0.417 e. The minimum Gasteiger partial charge on any atom is -0.457 e. The molecule has 0 aromatic heterocycles. The lowest BCUT2D eigenvalue weighted by Gasteiger charge is -2.25. The number of carbonyl (C=O) groups excluding carboxylic acids is 2. The van der Waals surface area contributed by atoms with Crippen LogP contribution in [-0.4, -0.2) is 35.8 Å². The highest BCUT2D eigenvalue weighted by Gasteiger charge is 2.34. The summed E-state index contributed by atoms with van der Waals surface area (Å²) in [5.74, 6) is -0.556. The Kier molecular flexibility index (Phi) is 7.71. The van der Waals surface area contributed by atoms with Crippen LogP contribution in [0.2, 0.25) is 0 Å². The van der Waals surface area contributed by atoms with Crippen molar-refractivity contribution < 1.29 is 32.2 Å². The van der Waals surface area contributed by atoms with Gasteiger partial charge in [-0.05, 0) is 63.4 Å². The van der Waals surface area contributed by atoms with E-state index in [2.05, 4.69) is 0 Å². The van der Waals surface area contributed by atoms with Gasteiger partial charge in [-0.25, -0.2) is 4.79 Å². The van der Waals surface area contributed by atoms with Crippen molar-refractivity contribution in [3.8, 4) is 11.5 Å². The van der Waals surface area contributed by atoms with Crippen LogP contribution in [0, 0.1) is 0 Å². The molecule has 2 aromatic rings. The summed E-state index contributed by atoms with van der Waals surface area (Å²) >= 11 is 0.977. The Labute approximate surface area is 188 Å². The van der Waals surface area contributed by atoms with Gasteiger partial charge in [-0.3, -0.25) is 4.79 Å². The maximum atomic E-state index is 13.4. The average Bonchev–Trinajstić information content (AvgIpc) is 2.67. The Morgan fingerprint density at radius 3 is 2.28 bits per heavy atom. The molecule has 2 N–H and O–H groups in total. The van der Waals surface area contributed by atoms with Crippen molar-refractivity contribution in [2.24, 2.45) is 5.73 Å². The van der Waals surface area contributed by atoms with Crippen molar-refractivity contribution >= 4 is 23.8 Å². The van der Waals surface area contributed by atoms with Gasteiger partial charge in [-0.1, -0.05) is 0 Å². The fourth-order valence-corrected chi connectivity index (χ4v) is 3.31. The zero-order chi connectivity index (χ0) is 24.3. The van der Waals surface area contributed by atoms with Crippen LogP contribution in [-0.2, 0) is 17.5 Å². The number of halogens is 3. The first-order valence-corrected chi connectivity index (χ1v) is 10.7. The molecule has 0 aliphatic heterocycles. The Morgan fingerprint density at radius 1 is 1.09 bits per heavy atom. The lowest BCUT2D eigenvalue weighted by atomic mass is 10.1. The number of amides is 2. The zero-order valence-electron chi connectivity index (χ0n) is 18.4. The van der Waals surface area contributed by atoms with Gasteiger partial charge in [0.2, 0.25) is 5.91 Å². The van der Waals surface area contributed by atoms with Crippen LogP contribution in [0.4, 0.5) is 18.0 Å². The maximum absolute atomic E-state index is 13.4. The summed E-state index contributed by atoms with van der Waals surface area (Å²) in [6.07, 6.45) is -3.61. The number of primary amides is 1. The third-order valence-electron chi connectivity index (χ3n) is 4.16. The molecular formula is C22H25F3N2O4S. The predicted molar refractivity (Wildman–Crippen MR) is 116 cm³/mol. The smallest absolute Gasteiger partial charge is 0.417 e. The number of carbonyl (C=O) groups is 2. The van der Waals surface area contributed by atoms with E-state index < -0.39 is 29.3 Å². The van der Waals surface area contributed by atoms with E-state index in [9.17, 15) is 22.8 Å². The van der Waals surface area contributed by atoms with Crippen molar-refractivity contribution in [1.82, 2.24) is 4.90 Å². The number of hydrogen-bond acceptors (Lipinski definition) is 5. The molecule has 6 nitrogen and oxygen atoms in total. The van der Waals surface area contributed by atoms with Gasteiger partial charge in [0.1, 0.15) is 17.1 Å². The van der Waals surface area contributed by atoms with Crippen molar-refractivity contribution in [3.63, 3.8) is 0 Å². The minimum atomic E-state index is -4.55. The Balaban J connectivity index is 2.40. The molecule has 0 bridgehead atoms. The summed E-state index contributed by atoms with van der Waals surface area (Å²) in [6.45, 7) is 5.13. The molecule has 0 radical (unpaired) electrons. The molecule has 2 aromatic carbocycles. The summed E-state index contributed by atoms with van der Waals surface area (Å²) < 4.78 is 51.2. The number of hydrogen-bond donors (Lipinski definition) is 1. The van der Waals surface area contributed by atoms with E-state index in [0.717, 1.165) is 17.8 Å². The fourth-order valence-electron chi connectivity index (χ4n) is 2.71. The highest BCUT2D eigenvalue weighted by atomic mass is 32.2. The van der Waals surface area contributed by atoms with E-state index in [0.29, 0.717) is 5.56 Å². The minimum absolute atomic E-state index is 0.0274. The second-order valence-electron chi connectivity index (χ2n) is 7.99. The monoisotopic (exact) mass is 470 g/mol. The molecule has 0 saturated heterocycles. The molecule has 0 aliphatic rings. The van der Waals surface area contributed by atoms with Gasteiger partial charge < -0.3 is 20.1 Å². The van der Waals surface area contributed by atoms with Crippen molar-refractivity contribution in [2.75, 3.05) is 13.3 Å². The van der Waals surface area contributed by atoms with Crippen LogP contribution in [0.15, 0.2) is 41.3 Å². The van der Waals surface area contributed by atoms with Crippen molar-refractivity contribution in [1.29, 1.82) is 0 Å². The summed E-state index contributed by atoms with van der Waals surface area (Å²) in [6, 6.07) is 7.91. The molecule has 0 atom stereocenters. The second-order valence-corrected chi connectivity index (χ2v) is 8.83. The molecule has 0 aliphatic carbocycles. The van der Waals surface area contributed by atoms with Gasteiger partial charge >= 0.3 is 12.3 Å². The van der Waals surface area contributed by atoms with E-state index in [1.807, 2.05) is 0 Å². The van der Waals surface area contributed by atoms with Gasteiger partial charge in [0.25, 0.3) is 0 Å². The third-order valence-corrected chi connectivity index (χ3v) is 4.96. The normalized spacial score (nSPS) is 11.8. The van der Waals surface area contributed by atoms with Gasteiger partial charge in [-0.2, -0.15) is 13.2 Å². The number of ether oxygens (including phenoxy) is 2. The highest BCUT2D eigenvalue weighted by molar-refractivity contribution is 7.98. The van der Waals surface area contributed by atoms with E-state index in [4.69, 9.17) is 15.2 Å². The van der Waals surface area contributed by atoms with Crippen LogP contribution in [0.1, 0.15) is 42.3 Å². The molecule has 0 saturated carbocycles. The first-order chi connectivity index (χ1) is 14.7.